The van der Waals surface area contributed by atoms with Crippen LogP contribution in [0.1, 0.15) is 51.4 Å². The standard InChI is InChI=1S/C26H39N3O4/c30-25(17-21-3-2-16-31-18-21)27-22-8-6-20(7-9-22)10-11-28-12-14-29(15-13-28)23-4-1-5-24-26(23)33-19-32-24/h1,4-5,20-22H,2-3,6-19H2,(H,27,30)/t20-,21?,22-. The lowest BCUT2D eigenvalue weighted by molar-refractivity contribution is -0.124. The van der Waals surface area contributed by atoms with Crippen molar-refractivity contribution in [3.05, 3.63) is 18.2 Å². The molecule has 182 valence electrons. The van der Waals surface area contributed by atoms with Gasteiger partial charge in [0.25, 0.3) is 0 Å². The van der Waals surface area contributed by atoms with E-state index in [-0.39, 0.29) is 5.91 Å². The first-order valence-corrected chi connectivity index (χ1v) is 13.0. The zero-order valence-corrected chi connectivity index (χ0v) is 19.8. The van der Waals surface area contributed by atoms with Gasteiger partial charge < -0.3 is 24.4 Å². The molecule has 1 amide bonds. The van der Waals surface area contributed by atoms with E-state index in [1.54, 1.807) is 0 Å². The number of para-hydroxylation sites is 1. The molecule has 5 rings (SSSR count). The zero-order chi connectivity index (χ0) is 22.5. The number of benzene rings is 1. The Bertz CT molecular complexity index is 782. The van der Waals surface area contributed by atoms with E-state index in [1.807, 2.05) is 6.07 Å². The molecule has 1 saturated carbocycles. The maximum atomic E-state index is 12.4. The molecule has 1 aromatic carbocycles. The average Bonchev–Trinajstić information content (AvgIpc) is 3.34. The van der Waals surface area contributed by atoms with Crippen LogP contribution in [0, 0.1) is 11.8 Å². The smallest absolute Gasteiger partial charge is 0.231 e. The summed E-state index contributed by atoms with van der Waals surface area (Å²) < 4.78 is 16.7. The van der Waals surface area contributed by atoms with Gasteiger partial charge in [-0.15, -0.1) is 0 Å². The molecule has 3 fully saturated rings. The van der Waals surface area contributed by atoms with Crippen molar-refractivity contribution in [1.29, 1.82) is 0 Å². The first-order valence-electron chi connectivity index (χ1n) is 13.0. The number of hydrogen-bond acceptors (Lipinski definition) is 6. The van der Waals surface area contributed by atoms with E-state index in [0.717, 1.165) is 82.5 Å². The minimum Gasteiger partial charge on any atom is -0.454 e. The number of nitrogens with one attached hydrogen (secondary N) is 1. The lowest BCUT2D eigenvalue weighted by atomic mass is 9.84. The summed E-state index contributed by atoms with van der Waals surface area (Å²) in [6, 6.07) is 6.55. The Kier molecular flexibility index (Phi) is 7.57. The minimum atomic E-state index is 0.229. The topological polar surface area (TPSA) is 63.3 Å². The molecular formula is C26H39N3O4. The predicted molar refractivity (Wildman–Crippen MR) is 128 cm³/mol. The molecule has 3 aliphatic heterocycles. The molecule has 0 radical (unpaired) electrons. The fraction of sp³-hybridized carbons (Fsp3) is 0.731. The van der Waals surface area contributed by atoms with Crippen molar-refractivity contribution in [3.63, 3.8) is 0 Å². The van der Waals surface area contributed by atoms with Crippen molar-refractivity contribution in [1.82, 2.24) is 10.2 Å². The van der Waals surface area contributed by atoms with Gasteiger partial charge in [-0.1, -0.05) is 6.07 Å². The normalized spacial score (nSPS) is 28.0. The second-order valence-corrected chi connectivity index (χ2v) is 10.2. The van der Waals surface area contributed by atoms with Gasteiger partial charge >= 0.3 is 0 Å². The van der Waals surface area contributed by atoms with Crippen LogP contribution in [0.15, 0.2) is 18.2 Å². The van der Waals surface area contributed by atoms with Crippen LogP contribution in [-0.2, 0) is 9.53 Å². The van der Waals surface area contributed by atoms with Gasteiger partial charge in [0.1, 0.15) is 0 Å². The number of carbonyl (C=O) groups is 1. The van der Waals surface area contributed by atoms with Crippen LogP contribution in [0.2, 0.25) is 0 Å². The molecule has 4 aliphatic rings. The van der Waals surface area contributed by atoms with Crippen molar-refractivity contribution in [3.8, 4) is 11.5 Å². The van der Waals surface area contributed by atoms with Crippen molar-refractivity contribution >= 4 is 11.6 Å². The summed E-state index contributed by atoms with van der Waals surface area (Å²) in [6.45, 7) is 7.38. The van der Waals surface area contributed by atoms with E-state index in [1.165, 1.54) is 31.5 Å². The molecule has 0 aromatic heterocycles. The molecule has 33 heavy (non-hydrogen) atoms. The molecule has 1 unspecified atom stereocenters. The number of amides is 1. The summed E-state index contributed by atoms with van der Waals surface area (Å²) in [5.74, 6) is 3.21. The molecule has 1 aromatic rings. The van der Waals surface area contributed by atoms with E-state index in [0.29, 0.717) is 25.2 Å². The highest BCUT2D eigenvalue weighted by Gasteiger charge is 2.27. The number of hydrogen-bond donors (Lipinski definition) is 1. The van der Waals surface area contributed by atoms with Gasteiger partial charge in [-0.3, -0.25) is 9.69 Å². The number of nitrogens with zero attached hydrogens (tertiary/aromatic N) is 2. The Balaban J connectivity index is 0.980. The number of ether oxygens (including phenoxy) is 3. The van der Waals surface area contributed by atoms with Crippen LogP contribution in [0.4, 0.5) is 5.69 Å². The average molecular weight is 458 g/mol. The molecule has 7 nitrogen and oxygen atoms in total. The lowest BCUT2D eigenvalue weighted by Gasteiger charge is -2.37. The monoisotopic (exact) mass is 457 g/mol. The predicted octanol–water partition coefficient (Wildman–Crippen LogP) is 3.42. The van der Waals surface area contributed by atoms with Gasteiger partial charge in [-0.05, 0) is 75.5 Å². The van der Waals surface area contributed by atoms with Crippen LogP contribution in [-0.4, -0.2) is 69.6 Å². The number of piperazine rings is 1. The third kappa shape index (κ3) is 5.93. The molecule has 1 N–H and O–H groups in total. The maximum absolute atomic E-state index is 12.4. The number of rotatable bonds is 7. The third-order valence-corrected chi connectivity index (χ3v) is 7.88. The molecule has 1 atom stereocenters. The molecule has 7 heteroatoms. The Morgan fingerprint density at radius 1 is 1.00 bits per heavy atom. The Morgan fingerprint density at radius 2 is 1.85 bits per heavy atom. The Labute approximate surface area is 197 Å². The molecule has 0 bridgehead atoms. The molecule has 3 heterocycles. The first-order chi connectivity index (χ1) is 16.2. The number of fused-ring (bicyclic) bond motifs is 1. The van der Waals surface area contributed by atoms with Crippen molar-refractivity contribution in [2.24, 2.45) is 11.8 Å². The van der Waals surface area contributed by atoms with Gasteiger partial charge in [0.15, 0.2) is 11.5 Å². The van der Waals surface area contributed by atoms with Crippen LogP contribution < -0.4 is 19.7 Å². The second kappa shape index (κ2) is 11.0. The van der Waals surface area contributed by atoms with Gasteiger partial charge in [-0.25, -0.2) is 0 Å². The van der Waals surface area contributed by atoms with Crippen LogP contribution in [0.3, 0.4) is 0 Å². The van der Waals surface area contributed by atoms with Crippen molar-refractivity contribution < 1.29 is 19.0 Å². The zero-order valence-electron chi connectivity index (χ0n) is 19.8. The van der Waals surface area contributed by atoms with Crippen molar-refractivity contribution in [2.75, 3.05) is 57.6 Å². The molecule has 1 aliphatic carbocycles. The third-order valence-electron chi connectivity index (χ3n) is 7.88. The van der Waals surface area contributed by atoms with E-state index >= 15 is 0 Å². The van der Waals surface area contributed by atoms with Crippen LogP contribution in [0.25, 0.3) is 0 Å². The Morgan fingerprint density at radius 3 is 2.64 bits per heavy atom. The van der Waals surface area contributed by atoms with E-state index in [9.17, 15) is 4.79 Å². The van der Waals surface area contributed by atoms with Crippen LogP contribution in [0.5, 0.6) is 11.5 Å². The summed E-state index contributed by atoms with van der Waals surface area (Å²) in [5.41, 5.74) is 1.17. The number of carbonyl (C=O) groups excluding carboxylic acids is 1. The molecule has 0 spiro atoms. The maximum Gasteiger partial charge on any atom is 0.231 e. The van der Waals surface area contributed by atoms with Gasteiger partial charge in [-0.2, -0.15) is 0 Å². The second-order valence-electron chi connectivity index (χ2n) is 10.2. The first kappa shape index (κ1) is 22.8. The highest BCUT2D eigenvalue weighted by atomic mass is 16.7. The van der Waals surface area contributed by atoms with E-state index < -0.39 is 0 Å². The van der Waals surface area contributed by atoms with E-state index in [4.69, 9.17) is 14.2 Å². The highest BCUT2D eigenvalue weighted by Crippen LogP contribution is 2.41. The number of anilines is 1. The molecule has 2 saturated heterocycles. The SMILES string of the molecule is O=C(CC1CCCOC1)N[C@H]1CC[C@H](CCN2CCN(c3cccc4c3OCO4)CC2)CC1. The van der Waals surface area contributed by atoms with Crippen molar-refractivity contribution in [2.45, 2.75) is 57.4 Å². The van der Waals surface area contributed by atoms with Crippen LogP contribution >= 0.6 is 0 Å². The summed E-state index contributed by atoms with van der Waals surface area (Å²) >= 11 is 0. The quantitative estimate of drug-likeness (QED) is 0.677. The molecular weight excluding hydrogens is 418 g/mol. The summed E-state index contributed by atoms with van der Waals surface area (Å²) in [5, 5.41) is 3.30. The summed E-state index contributed by atoms with van der Waals surface area (Å²) in [4.78, 5) is 17.4. The largest absolute Gasteiger partial charge is 0.454 e. The summed E-state index contributed by atoms with van der Waals surface area (Å²) in [7, 11) is 0. The van der Waals surface area contributed by atoms with Gasteiger partial charge in [0, 0.05) is 51.9 Å². The summed E-state index contributed by atoms with van der Waals surface area (Å²) in [6.07, 6.45) is 8.88. The Hall–Kier alpha value is -1.99. The fourth-order valence-electron chi connectivity index (χ4n) is 5.85. The highest BCUT2D eigenvalue weighted by molar-refractivity contribution is 5.76. The van der Waals surface area contributed by atoms with E-state index in [2.05, 4.69) is 27.2 Å². The van der Waals surface area contributed by atoms with Gasteiger partial charge in [0.2, 0.25) is 12.7 Å². The minimum absolute atomic E-state index is 0.229. The fourth-order valence-corrected chi connectivity index (χ4v) is 5.85. The lowest BCUT2D eigenvalue weighted by Crippen LogP contribution is -2.47. The van der Waals surface area contributed by atoms with Gasteiger partial charge in [0.05, 0.1) is 5.69 Å².